The van der Waals surface area contributed by atoms with Crippen LogP contribution < -0.4 is 5.32 Å². The zero-order valence-corrected chi connectivity index (χ0v) is 13.0. The molecule has 0 aliphatic heterocycles. The minimum Gasteiger partial charge on any atom is -0.388 e. The van der Waals surface area contributed by atoms with Gasteiger partial charge < -0.3 is 10.4 Å². The summed E-state index contributed by atoms with van der Waals surface area (Å²) in [6, 6.07) is 7.65. The number of hydrogen-bond acceptors (Lipinski definition) is 3. The summed E-state index contributed by atoms with van der Waals surface area (Å²) in [6.45, 7) is 2.80. The van der Waals surface area contributed by atoms with E-state index in [0.29, 0.717) is 17.5 Å². The van der Waals surface area contributed by atoms with Crippen LogP contribution in [0.15, 0.2) is 30.5 Å². The van der Waals surface area contributed by atoms with E-state index in [2.05, 4.69) is 17.2 Å². The van der Waals surface area contributed by atoms with Crippen molar-refractivity contribution in [1.82, 2.24) is 4.98 Å². The van der Waals surface area contributed by atoms with E-state index < -0.39 is 5.60 Å². The molecule has 3 nitrogen and oxygen atoms in total. The lowest BCUT2D eigenvalue weighted by Crippen LogP contribution is -2.41. The van der Waals surface area contributed by atoms with Crippen LogP contribution >= 0.6 is 11.6 Å². The molecule has 1 fully saturated rings. The molecule has 0 spiro atoms. The Labute approximate surface area is 130 Å². The molecular weight excluding hydrogens is 284 g/mol. The molecule has 4 heteroatoms. The molecule has 1 saturated carbocycles. The molecule has 1 aromatic heterocycles. The van der Waals surface area contributed by atoms with Crippen molar-refractivity contribution in [3.8, 4) is 0 Å². The normalized spacial score (nSPS) is 26.0. The number of aliphatic hydroxyl groups is 1. The summed E-state index contributed by atoms with van der Waals surface area (Å²) < 4.78 is 0. The molecule has 112 valence electrons. The van der Waals surface area contributed by atoms with Gasteiger partial charge in [0.1, 0.15) is 0 Å². The maximum absolute atomic E-state index is 10.7. The summed E-state index contributed by atoms with van der Waals surface area (Å²) in [4.78, 5) is 4.34. The fraction of sp³-hybridized carbons (Fsp3) is 0.471. The van der Waals surface area contributed by atoms with Crippen LogP contribution in [-0.2, 0) is 0 Å². The average molecular weight is 305 g/mol. The second kappa shape index (κ2) is 5.82. The topological polar surface area (TPSA) is 45.1 Å². The van der Waals surface area contributed by atoms with E-state index in [1.54, 1.807) is 6.20 Å². The van der Waals surface area contributed by atoms with Gasteiger partial charge in [0.25, 0.3) is 0 Å². The van der Waals surface area contributed by atoms with E-state index in [-0.39, 0.29) is 0 Å². The standard InChI is InChI=1S/C17H21ClN2O/c1-12-3-2-7-17(21,10-12)11-20-15-6-8-19-16-9-13(18)4-5-14(15)16/h4-6,8-9,12,21H,2-3,7,10-11H2,1H3,(H,19,20). The number of anilines is 1. The lowest BCUT2D eigenvalue weighted by Gasteiger charge is -2.36. The molecule has 2 unspecified atom stereocenters. The maximum atomic E-state index is 10.7. The van der Waals surface area contributed by atoms with Crippen LogP contribution in [0, 0.1) is 5.92 Å². The Bertz CT molecular complexity index is 646. The number of halogens is 1. The van der Waals surface area contributed by atoms with Gasteiger partial charge in [0.15, 0.2) is 0 Å². The highest BCUT2D eigenvalue weighted by Crippen LogP contribution is 2.33. The number of pyridine rings is 1. The monoisotopic (exact) mass is 304 g/mol. The summed E-state index contributed by atoms with van der Waals surface area (Å²) in [6.07, 6.45) is 5.84. The van der Waals surface area contributed by atoms with E-state index in [9.17, 15) is 5.11 Å². The van der Waals surface area contributed by atoms with Gasteiger partial charge in [-0.3, -0.25) is 4.98 Å². The minimum absolute atomic E-state index is 0.582. The number of nitrogens with zero attached hydrogens (tertiary/aromatic N) is 1. The van der Waals surface area contributed by atoms with E-state index in [1.807, 2.05) is 24.3 Å². The molecule has 1 heterocycles. The van der Waals surface area contributed by atoms with Gasteiger partial charge in [0.2, 0.25) is 0 Å². The number of benzene rings is 1. The number of hydrogen-bond donors (Lipinski definition) is 2. The second-order valence-electron chi connectivity index (χ2n) is 6.30. The van der Waals surface area contributed by atoms with Crippen molar-refractivity contribution in [2.75, 3.05) is 11.9 Å². The Morgan fingerprint density at radius 2 is 2.29 bits per heavy atom. The van der Waals surface area contributed by atoms with Crippen molar-refractivity contribution in [3.05, 3.63) is 35.5 Å². The Morgan fingerprint density at radius 3 is 3.10 bits per heavy atom. The minimum atomic E-state index is -0.598. The quantitative estimate of drug-likeness (QED) is 0.891. The Hall–Kier alpha value is -1.32. The van der Waals surface area contributed by atoms with Crippen molar-refractivity contribution in [1.29, 1.82) is 0 Å². The third kappa shape index (κ3) is 3.30. The third-order valence-electron chi connectivity index (χ3n) is 4.38. The van der Waals surface area contributed by atoms with Crippen LogP contribution in [0.4, 0.5) is 5.69 Å². The predicted molar refractivity (Wildman–Crippen MR) is 87.8 cm³/mol. The molecular formula is C17H21ClN2O. The Morgan fingerprint density at radius 1 is 1.43 bits per heavy atom. The zero-order chi connectivity index (χ0) is 14.9. The van der Waals surface area contributed by atoms with E-state index >= 15 is 0 Å². The molecule has 1 aromatic carbocycles. The van der Waals surface area contributed by atoms with Crippen LogP contribution in [0.1, 0.15) is 32.6 Å². The highest BCUT2D eigenvalue weighted by atomic mass is 35.5. The van der Waals surface area contributed by atoms with Gasteiger partial charge >= 0.3 is 0 Å². The van der Waals surface area contributed by atoms with Gasteiger partial charge in [-0.25, -0.2) is 0 Å². The number of nitrogens with one attached hydrogen (secondary N) is 1. The lowest BCUT2D eigenvalue weighted by molar-refractivity contribution is -0.000739. The zero-order valence-electron chi connectivity index (χ0n) is 12.3. The van der Waals surface area contributed by atoms with Crippen LogP contribution in [-0.4, -0.2) is 22.2 Å². The Balaban J connectivity index is 1.79. The van der Waals surface area contributed by atoms with Gasteiger partial charge in [0, 0.05) is 28.8 Å². The molecule has 3 rings (SSSR count). The number of aromatic nitrogens is 1. The molecule has 0 amide bonds. The first kappa shape index (κ1) is 14.6. The van der Waals surface area contributed by atoms with Crippen LogP contribution in [0.3, 0.4) is 0 Å². The number of fused-ring (bicyclic) bond motifs is 1. The van der Waals surface area contributed by atoms with Crippen LogP contribution in [0.5, 0.6) is 0 Å². The molecule has 0 saturated heterocycles. The van der Waals surface area contributed by atoms with Crippen LogP contribution in [0.2, 0.25) is 5.02 Å². The van der Waals surface area contributed by atoms with E-state index in [0.717, 1.165) is 35.9 Å². The van der Waals surface area contributed by atoms with Crippen molar-refractivity contribution < 1.29 is 5.11 Å². The van der Waals surface area contributed by atoms with E-state index in [4.69, 9.17) is 11.6 Å². The molecule has 1 aliphatic carbocycles. The fourth-order valence-electron chi connectivity index (χ4n) is 3.33. The number of rotatable bonds is 3. The molecule has 1 aliphatic rings. The van der Waals surface area contributed by atoms with Gasteiger partial charge in [0.05, 0.1) is 11.1 Å². The van der Waals surface area contributed by atoms with Gasteiger partial charge in [-0.1, -0.05) is 31.4 Å². The molecule has 2 aromatic rings. The first-order valence-corrected chi connectivity index (χ1v) is 7.94. The van der Waals surface area contributed by atoms with E-state index in [1.165, 1.54) is 6.42 Å². The van der Waals surface area contributed by atoms with Gasteiger partial charge in [-0.05, 0) is 43.0 Å². The smallest absolute Gasteiger partial charge is 0.0821 e. The lowest BCUT2D eigenvalue weighted by atomic mass is 9.79. The summed E-state index contributed by atoms with van der Waals surface area (Å²) in [5, 5.41) is 15.8. The first-order valence-electron chi connectivity index (χ1n) is 7.56. The van der Waals surface area contributed by atoms with Crippen molar-refractivity contribution in [3.63, 3.8) is 0 Å². The summed E-state index contributed by atoms with van der Waals surface area (Å²) in [5.74, 6) is 0.596. The molecule has 21 heavy (non-hydrogen) atoms. The van der Waals surface area contributed by atoms with Crippen molar-refractivity contribution >= 4 is 28.2 Å². The highest BCUT2D eigenvalue weighted by molar-refractivity contribution is 6.31. The van der Waals surface area contributed by atoms with Gasteiger partial charge in [-0.2, -0.15) is 0 Å². The summed E-state index contributed by atoms with van der Waals surface area (Å²) in [5.41, 5.74) is 1.28. The maximum Gasteiger partial charge on any atom is 0.0821 e. The highest BCUT2D eigenvalue weighted by Gasteiger charge is 2.32. The fourth-order valence-corrected chi connectivity index (χ4v) is 3.49. The van der Waals surface area contributed by atoms with Crippen LogP contribution in [0.25, 0.3) is 10.9 Å². The molecule has 0 bridgehead atoms. The summed E-state index contributed by atoms with van der Waals surface area (Å²) in [7, 11) is 0. The largest absolute Gasteiger partial charge is 0.388 e. The van der Waals surface area contributed by atoms with Gasteiger partial charge in [-0.15, -0.1) is 0 Å². The van der Waals surface area contributed by atoms with Crippen molar-refractivity contribution in [2.45, 2.75) is 38.2 Å². The summed E-state index contributed by atoms with van der Waals surface area (Å²) >= 11 is 6.01. The first-order chi connectivity index (χ1) is 10.1. The molecule has 0 radical (unpaired) electrons. The van der Waals surface area contributed by atoms with Crippen molar-refractivity contribution in [2.24, 2.45) is 5.92 Å². The second-order valence-corrected chi connectivity index (χ2v) is 6.74. The average Bonchev–Trinajstić information content (AvgIpc) is 2.44. The predicted octanol–water partition coefficient (Wildman–Crippen LogP) is 4.24. The molecule has 2 atom stereocenters. The SMILES string of the molecule is CC1CCCC(O)(CNc2ccnc3cc(Cl)ccc23)C1. The Kier molecular flexibility index (Phi) is 4.05. The third-order valence-corrected chi connectivity index (χ3v) is 4.62. The molecule has 2 N–H and O–H groups in total.